The zero-order valence-corrected chi connectivity index (χ0v) is 21.1. The van der Waals surface area contributed by atoms with Gasteiger partial charge in [0.2, 0.25) is 0 Å². The summed E-state index contributed by atoms with van der Waals surface area (Å²) in [6, 6.07) is 7.58. The molecule has 0 saturated heterocycles. The quantitative estimate of drug-likeness (QED) is 0.369. The summed E-state index contributed by atoms with van der Waals surface area (Å²) < 4.78 is 30.6. The summed E-state index contributed by atoms with van der Waals surface area (Å²) in [4.78, 5) is 13.8. The number of hydrogen-bond acceptors (Lipinski definition) is 7. The van der Waals surface area contributed by atoms with E-state index < -0.39 is 17.0 Å². The molecule has 0 aliphatic heterocycles. The third-order valence-corrected chi connectivity index (χ3v) is 8.57. The van der Waals surface area contributed by atoms with Gasteiger partial charge in [0, 0.05) is 18.4 Å². The Balaban J connectivity index is 1.45. The average molecular weight is 506 g/mol. The van der Waals surface area contributed by atoms with E-state index in [0.29, 0.717) is 5.95 Å². The molecule has 36 heavy (non-hydrogen) atoms. The lowest BCUT2D eigenvalue weighted by molar-refractivity contribution is 0.242. The molecule has 10 heteroatoms. The maximum absolute atomic E-state index is 14.5. The fraction of sp³-hybridized carbons (Fsp3) is 0.385. The number of thioether (sulfide) groups is 1. The van der Waals surface area contributed by atoms with Crippen molar-refractivity contribution in [1.29, 1.82) is 0 Å². The second-order valence-corrected chi connectivity index (χ2v) is 10.9. The van der Waals surface area contributed by atoms with Crippen molar-refractivity contribution in [2.75, 3.05) is 12.0 Å². The lowest BCUT2D eigenvalue weighted by Crippen LogP contribution is -2.38. The van der Waals surface area contributed by atoms with Gasteiger partial charge < -0.3 is 0 Å². The van der Waals surface area contributed by atoms with Gasteiger partial charge in [-0.3, -0.25) is 0 Å². The highest BCUT2D eigenvalue weighted by molar-refractivity contribution is 7.98. The number of halogens is 2. The van der Waals surface area contributed by atoms with Gasteiger partial charge in [0.25, 0.3) is 5.95 Å². The van der Waals surface area contributed by atoms with E-state index in [0.717, 1.165) is 47.8 Å². The van der Waals surface area contributed by atoms with Crippen molar-refractivity contribution in [3.8, 4) is 17.2 Å². The molecular weight excluding hydrogens is 480 g/mol. The van der Waals surface area contributed by atoms with E-state index in [1.165, 1.54) is 18.2 Å². The Kier molecular flexibility index (Phi) is 5.40. The van der Waals surface area contributed by atoms with Crippen molar-refractivity contribution in [3.05, 3.63) is 77.3 Å². The molecule has 0 spiro atoms. The standard InChI is InChI=1S/C26H25F2N7S/c1-25(2)16-7-10-26(25,20-8-11-29-24(31-20)35-14-30-21(34-35)9-12-36-3)23-15(16)13-19(32-33-23)22-17(27)5-4-6-18(22)28/h4-6,8,11,13-14,16H,7,9-10,12H2,1-3H3/t16-,26-/m0/s1. The van der Waals surface area contributed by atoms with Crippen molar-refractivity contribution in [2.45, 2.75) is 44.4 Å². The SMILES string of the molecule is CSCCc1ncn(-c2nccc([C@@]34CC[C@@H](c5cc(-c6c(F)cccc6F)nnc53)C4(C)C)n2)n1. The van der Waals surface area contributed by atoms with E-state index in [1.54, 1.807) is 29.0 Å². The van der Waals surface area contributed by atoms with Gasteiger partial charge in [-0.2, -0.15) is 21.5 Å². The normalized spacial score (nSPS) is 21.6. The van der Waals surface area contributed by atoms with Crippen LogP contribution in [0.4, 0.5) is 8.78 Å². The van der Waals surface area contributed by atoms with Crippen LogP contribution < -0.4 is 0 Å². The molecule has 184 valence electrons. The lowest BCUT2D eigenvalue weighted by atomic mass is 9.66. The summed E-state index contributed by atoms with van der Waals surface area (Å²) in [5.74, 6) is 1.02. The maximum Gasteiger partial charge on any atom is 0.252 e. The third-order valence-electron chi connectivity index (χ3n) is 7.96. The first-order valence-corrected chi connectivity index (χ1v) is 13.3. The van der Waals surface area contributed by atoms with E-state index in [2.05, 4.69) is 45.4 Å². The molecule has 0 radical (unpaired) electrons. The molecule has 6 rings (SSSR count). The van der Waals surface area contributed by atoms with Gasteiger partial charge in [0.15, 0.2) is 5.82 Å². The van der Waals surface area contributed by atoms with Crippen LogP contribution >= 0.6 is 11.8 Å². The molecule has 2 aliphatic carbocycles. The van der Waals surface area contributed by atoms with E-state index in [1.807, 2.05) is 12.1 Å². The molecule has 0 N–H and O–H groups in total. The Hall–Kier alpha value is -3.27. The van der Waals surface area contributed by atoms with Crippen LogP contribution in [0.5, 0.6) is 0 Å². The second-order valence-electron chi connectivity index (χ2n) is 9.94. The molecule has 0 unspecified atom stereocenters. The van der Waals surface area contributed by atoms with Gasteiger partial charge >= 0.3 is 0 Å². The summed E-state index contributed by atoms with van der Waals surface area (Å²) in [6.07, 6.45) is 8.00. The number of hydrogen-bond donors (Lipinski definition) is 0. The lowest BCUT2D eigenvalue weighted by Gasteiger charge is -2.37. The highest BCUT2D eigenvalue weighted by atomic mass is 32.2. The summed E-state index contributed by atoms with van der Waals surface area (Å²) in [7, 11) is 0. The van der Waals surface area contributed by atoms with Crippen LogP contribution in [-0.2, 0) is 11.8 Å². The number of rotatable bonds is 6. The molecule has 2 aliphatic rings. The Morgan fingerprint density at radius 1 is 1.11 bits per heavy atom. The summed E-state index contributed by atoms with van der Waals surface area (Å²) in [6.45, 7) is 4.43. The topological polar surface area (TPSA) is 82.3 Å². The maximum atomic E-state index is 14.5. The molecular formula is C26H25F2N7S. The highest BCUT2D eigenvalue weighted by Crippen LogP contribution is 2.69. The number of nitrogens with zero attached hydrogens (tertiary/aromatic N) is 7. The van der Waals surface area contributed by atoms with Gasteiger partial charge in [0.05, 0.1) is 28.1 Å². The van der Waals surface area contributed by atoms with Crippen molar-refractivity contribution in [3.63, 3.8) is 0 Å². The van der Waals surface area contributed by atoms with Crippen LogP contribution in [-0.4, -0.2) is 46.9 Å². The van der Waals surface area contributed by atoms with Gasteiger partial charge in [-0.05, 0) is 60.3 Å². The van der Waals surface area contributed by atoms with E-state index in [-0.39, 0.29) is 22.6 Å². The monoisotopic (exact) mass is 505 g/mol. The molecule has 4 aromatic rings. The number of benzene rings is 1. The fourth-order valence-corrected chi connectivity index (χ4v) is 6.54. The smallest absolute Gasteiger partial charge is 0.220 e. The predicted molar refractivity (Wildman–Crippen MR) is 133 cm³/mol. The highest BCUT2D eigenvalue weighted by Gasteiger charge is 2.65. The van der Waals surface area contributed by atoms with Crippen LogP contribution in [0.15, 0.2) is 42.9 Å². The third kappa shape index (κ3) is 3.23. The molecule has 3 heterocycles. The number of fused-ring (bicyclic) bond motifs is 5. The van der Waals surface area contributed by atoms with E-state index in [9.17, 15) is 8.78 Å². The first kappa shape index (κ1) is 23.1. The van der Waals surface area contributed by atoms with Crippen LogP contribution in [0.25, 0.3) is 17.2 Å². The van der Waals surface area contributed by atoms with Crippen molar-refractivity contribution < 1.29 is 8.78 Å². The summed E-state index contributed by atoms with van der Waals surface area (Å²) >= 11 is 1.75. The van der Waals surface area contributed by atoms with Crippen LogP contribution in [0.3, 0.4) is 0 Å². The van der Waals surface area contributed by atoms with Crippen LogP contribution in [0.2, 0.25) is 0 Å². The zero-order valence-electron chi connectivity index (χ0n) is 20.2. The Labute approximate surface area is 211 Å². The summed E-state index contributed by atoms with van der Waals surface area (Å²) in [5, 5.41) is 13.5. The van der Waals surface area contributed by atoms with Crippen LogP contribution in [0.1, 0.15) is 55.4 Å². The largest absolute Gasteiger partial charge is 0.252 e. The zero-order chi connectivity index (χ0) is 25.1. The Morgan fingerprint density at radius 3 is 2.69 bits per heavy atom. The molecule has 7 nitrogen and oxygen atoms in total. The first-order chi connectivity index (χ1) is 17.4. The van der Waals surface area contributed by atoms with Crippen LogP contribution in [0, 0.1) is 17.0 Å². The van der Waals surface area contributed by atoms with Gasteiger partial charge in [-0.25, -0.2) is 23.7 Å². The molecule has 0 amide bonds. The molecule has 1 saturated carbocycles. The van der Waals surface area contributed by atoms with Crippen molar-refractivity contribution in [2.24, 2.45) is 5.41 Å². The second kappa shape index (κ2) is 8.40. The minimum atomic E-state index is -0.647. The van der Waals surface area contributed by atoms with Crippen molar-refractivity contribution >= 4 is 11.8 Å². The van der Waals surface area contributed by atoms with Gasteiger partial charge in [0.1, 0.15) is 18.0 Å². The minimum Gasteiger partial charge on any atom is -0.220 e. The number of aromatic nitrogens is 7. The average Bonchev–Trinajstić information content (AvgIpc) is 3.50. The Bertz CT molecular complexity index is 1450. The molecule has 2 atom stereocenters. The van der Waals surface area contributed by atoms with Gasteiger partial charge in [-0.15, -0.1) is 10.2 Å². The molecule has 2 bridgehead atoms. The summed E-state index contributed by atoms with van der Waals surface area (Å²) in [5.41, 5.74) is 2.01. The van der Waals surface area contributed by atoms with E-state index >= 15 is 0 Å². The van der Waals surface area contributed by atoms with Gasteiger partial charge in [-0.1, -0.05) is 19.9 Å². The van der Waals surface area contributed by atoms with Crippen molar-refractivity contribution in [1.82, 2.24) is 34.9 Å². The number of aryl methyl sites for hydroxylation is 1. The fourth-order valence-electron chi connectivity index (χ4n) is 6.15. The molecule has 1 aromatic carbocycles. The Morgan fingerprint density at radius 2 is 1.92 bits per heavy atom. The molecule has 3 aromatic heterocycles. The molecule has 1 fully saturated rings. The first-order valence-electron chi connectivity index (χ1n) is 11.9. The minimum absolute atomic E-state index is 0.143. The predicted octanol–water partition coefficient (Wildman–Crippen LogP) is 4.90. The van der Waals surface area contributed by atoms with E-state index in [4.69, 9.17) is 4.98 Å².